The Bertz CT molecular complexity index is 463. The van der Waals surface area contributed by atoms with Gasteiger partial charge in [-0.15, -0.1) is 0 Å². The molecule has 0 radical (unpaired) electrons. The molecule has 0 aliphatic carbocycles. The van der Waals surface area contributed by atoms with Gasteiger partial charge in [0.25, 0.3) is 0 Å². The summed E-state index contributed by atoms with van der Waals surface area (Å²) in [6, 6.07) is 1.01. The molecule has 0 aliphatic heterocycles. The smallest absolute Gasteiger partial charge is 0.319 e. The molecule has 0 atom stereocenters. The SMILES string of the molecule is C=C(C(=O)O[SiH2]CCC)C([SiH2]O[Si](C)(C)C)([SiH2]O[Si](C)(C)C)[SiH2]O[Si](C)(C)C. The molecule has 0 N–H and O–H groups in total. The largest absolute Gasteiger partial charge is 0.522 e. The van der Waals surface area contributed by atoms with E-state index < -0.39 is 64.0 Å². The molecule has 0 fully saturated rings. The van der Waals surface area contributed by atoms with Gasteiger partial charge in [0.1, 0.15) is 0 Å². The molecule has 28 heavy (non-hydrogen) atoms. The van der Waals surface area contributed by atoms with E-state index in [1.54, 1.807) is 0 Å². The normalized spacial score (nSPS) is 16.9. The van der Waals surface area contributed by atoms with E-state index in [0.29, 0.717) is 5.57 Å². The van der Waals surface area contributed by atoms with Crippen LogP contribution < -0.4 is 0 Å². The van der Waals surface area contributed by atoms with Crippen molar-refractivity contribution >= 4 is 70.0 Å². The van der Waals surface area contributed by atoms with E-state index in [9.17, 15) is 4.79 Å². The third kappa shape index (κ3) is 13.0. The highest BCUT2D eigenvalue weighted by Gasteiger charge is 2.43. The Hall–Kier alpha value is 0.608. The van der Waals surface area contributed by atoms with Gasteiger partial charge in [-0.05, 0) is 65.0 Å². The fourth-order valence-corrected chi connectivity index (χ4v) is 18.8. The van der Waals surface area contributed by atoms with Crippen molar-refractivity contribution in [2.24, 2.45) is 0 Å². The molecule has 0 saturated carbocycles. The molecule has 0 aliphatic rings. The minimum atomic E-state index is -1.70. The van der Waals surface area contributed by atoms with Crippen LogP contribution in [0.25, 0.3) is 0 Å². The van der Waals surface area contributed by atoms with Crippen LogP contribution in [0.15, 0.2) is 12.2 Å². The van der Waals surface area contributed by atoms with Gasteiger partial charge >= 0.3 is 5.97 Å². The van der Waals surface area contributed by atoms with E-state index in [2.05, 4.69) is 72.4 Å². The van der Waals surface area contributed by atoms with E-state index >= 15 is 0 Å². The standard InChI is InChI=1S/C16H44O5Si7/c1-12-13-22-18-15(17)14(2)16(23-19-26(3,4)5,24-20-27(6,7)8)25-21-28(9,10)11/h2,12-13,22-25H2,1,3-11H3. The molecule has 0 aromatic rings. The van der Waals surface area contributed by atoms with E-state index in [0.717, 1.165) is 12.5 Å². The predicted molar refractivity (Wildman–Crippen MR) is 140 cm³/mol. The lowest BCUT2D eigenvalue weighted by Gasteiger charge is -2.38. The van der Waals surface area contributed by atoms with Gasteiger partial charge in [0.15, 0.2) is 54.2 Å². The highest BCUT2D eigenvalue weighted by molar-refractivity contribution is 6.87. The van der Waals surface area contributed by atoms with Crippen LogP contribution in [0.3, 0.4) is 0 Å². The molecule has 12 heteroatoms. The first-order valence-corrected chi connectivity index (χ1v) is 26.0. The van der Waals surface area contributed by atoms with Crippen molar-refractivity contribution in [3.05, 3.63) is 12.2 Å². The first-order valence-electron chi connectivity index (χ1n) is 10.3. The molecule has 0 unspecified atom stereocenters. The summed E-state index contributed by atoms with van der Waals surface area (Å²) < 4.78 is 24.8. The Balaban J connectivity index is 5.75. The van der Waals surface area contributed by atoms with Crippen LogP contribution in [0, 0.1) is 0 Å². The monoisotopic (exact) mass is 512 g/mol. The summed E-state index contributed by atoms with van der Waals surface area (Å²) in [6.45, 7) is 26.3. The molecule has 0 rings (SSSR count). The molecule has 5 nitrogen and oxygen atoms in total. The van der Waals surface area contributed by atoms with Gasteiger partial charge in [0, 0.05) is 9.86 Å². The highest BCUT2D eigenvalue weighted by atomic mass is 28.4. The van der Waals surface area contributed by atoms with Gasteiger partial charge in [-0.1, -0.05) is 19.9 Å². The van der Waals surface area contributed by atoms with Crippen molar-refractivity contribution in [2.45, 2.75) is 82.6 Å². The van der Waals surface area contributed by atoms with Crippen molar-refractivity contribution in [1.82, 2.24) is 0 Å². The lowest BCUT2D eigenvalue weighted by atomic mass is 10.3. The molecule has 0 aromatic carbocycles. The number of carbonyl (C=O) groups is 1. The quantitative estimate of drug-likeness (QED) is 0.202. The zero-order chi connectivity index (χ0) is 22.2. The molecular formula is C16H44O5Si7. The number of hydrogen-bond acceptors (Lipinski definition) is 5. The van der Waals surface area contributed by atoms with Crippen molar-refractivity contribution < 1.29 is 21.6 Å². The fraction of sp³-hybridized carbons (Fsp3) is 0.812. The van der Waals surface area contributed by atoms with Crippen LogP contribution in [-0.2, 0) is 21.6 Å². The van der Waals surface area contributed by atoms with E-state index in [-0.39, 0.29) is 10.3 Å². The number of hydrogen-bond donors (Lipinski definition) is 0. The van der Waals surface area contributed by atoms with Crippen LogP contribution in [0.1, 0.15) is 13.3 Å². The second-order valence-corrected chi connectivity index (χ2v) is 35.9. The number of carbonyl (C=O) groups excluding carboxylic acids is 1. The van der Waals surface area contributed by atoms with E-state index in [1.807, 2.05) is 0 Å². The van der Waals surface area contributed by atoms with Crippen LogP contribution in [0.2, 0.25) is 69.3 Å². The molecule has 0 aromatic heterocycles. The Morgan fingerprint density at radius 2 is 1.18 bits per heavy atom. The second-order valence-electron chi connectivity index (χ2n) is 10.5. The van der Waals surface area contributed by atoms with Crippen LogP contribution >= 0.6 is 0 Å². The van der Waals surface area contributed by atoms with Gasteiger partial charge in [0.05, 0.1) is 0 Å². The summed E-state index contributed by atoms with van der Waals surface area (Å²) in [5.74, 6) is -0.204. The van der Waals surface area contributed by atoms with Crippen LogP contribution in [0.5, 0.6) is 0 Å². The molecule has 0 spiro atoms. The highest BCUT2D eigenvalue weighted by Crippen LogP contribution is 2.35. The van der Waals surface area contributed by atoms with Gasteiger partial charge in [-0.3, -0.25) is 0 Å². The van der Waals surface area contributed by atoms with E-state index in [4.69, 9.17) is 16.8 Å². The lowest BCUT2D eigenvalue weighted by Crippen LogP contribution is -2.49. The first kappa shape index (κ1) is 28.6. The maximum Gasteiger partial charge on any atom is 0.319 e. The summed E-state index contributed by atoms with van der Waals surface area (Å²) >= 11 is 0. The third-order valence-electron chi connectivity index (χ3n) is 3.96. The van der Waals surface area contributed by atoms with Gasteiger partial charge in [0.2, 0.25) is 9.76 Å². The zero-order valence-corrected chi connectivity index (χ0v) is 28.6. The molecular weight excluding hydrogens is 469 g/mol. The maximum atomic E-state index is 12.9. The third-order valence-corrected chi connectivity index (χ3v) is 24.2. The molecule has 0 saturated heterocycles. The van der Waals surface area contributed by atoms with Gasteiger partial charge in [-0.2, -0.15) is 0 Å². The molecule has 0 heterocycles. The Morgan fingerprint density at radius 3 is 1.46 bits per heavy atom. The Labute approximate surface area is 185 Å². The Kier molecular flexibility index (Phi) is 12.1. The van der Waals surface area contributed by atoms with E-state index in [1.165, 1.54) is 0 Å². The maximum absolute atomic E-state index is 12.9. The minimum absolute atomic E-state index is 0.204. The van der Waals surface area contributed by atoms with Gasteiger partial charge < -0.3 is 16.8 Å². The fourth-order valence-electron chi connectivity index (χ4n) is 2.06. The summed E-state index contributed by atoms with van der Waals surface area (Å²) in [5, 5.41) is 0. The van der Waals surface area contributed by atoms with Crippen molar-refractivity contribution in [2.75, 3.05) is 0 Å². The van der Waals surface area contributed by atoms with Crippen molar-refractivity contribution in [3.63, 3.8) is 0 Å². The molecule has 166 valence electrons. The summed E-state index contributed by atoms with van der Waals surface area (Å²) in [5.41, 5.74) is 0.621. The van der Waals surface area contributed by atoms with Crippen molar-refractivity contribution in [3.8, 4) is 0 Å². The summed E-state index contributed by atoms with van der Waals surface area (Å²) in [4.78, 5) is 12.9. The Morgan fingerprint density at radius 1 is 0.821 bits per heavy atom. The molecule has 0 amide bonds. The average Bonchev–Trinajstić information content (AvgIpc) is 2.51. The topological polar surface area (TPSA) is 54.0 Å². The van der Waals surface area contributed by atoms with Crippen LogP contribution in [0.4, 0.5) is 0 Å². The summed E-state index contributed by atoms with van der Waals surface area (Å²) in [7, 11) is -9.05. The summed E-state index contributed by atoms with van der Waals surface area (Å²) in [6.07, 6.45) is 1.06. The second kappa shape index (κ2) is 11.9. The van der Waals surface area contributed by atoms with Gasteiger partial charge in [-0.25, -0.2) is 4.79 Å². The van der Waals surface area contributed by atoms with Crippen molar-refractivity contribution in [1.29, 1.82) is 0 Å². The molecule has 0 bridgehead atoms. The zero-order valence-electron chi connectivity index (χ0n) is 20.0. The minimum Gasteiger partial charge on any atom is -0.522 e. The predicted octanol–water partition coefficient (Wildman–Crippen LogP) is 1.88. The lowest BCUT2D eigenvalue weighted by molar-refractivity contribution is -0.130. The van der Waals surface area contributed by atoms with Crippen LogP contribution in [-0.4, -0.2) is 70.0 Å². The average molecular weight is 513 g/mol. The number of rotatable bonds is 14. The first-order chi connectivity index (χ1) is 12.5.